The van der Waals surface area contributed by atoms with Crippen molar-refractivity contribution in [3.63, 3.8) is 0 Å². The minimum absolute atomic E-state index is 0.149. The Hall–Kier alpha value is -0.350. The fourth-order valence-electron chi connectivity index (χ4n) is 1.19. The van der Waals surface area contributed by atoms with E-state index in [4.69, 9.17) is 0 Å². The Morgan fingerprint density at radius 3 is 3.09 bits per heavy atom. The zero-order chi connectivity index (χ0) is 8.01. The second-order valence-electron chi connectivity index (χ2n) is 2.57. The molecule has 0 bridgehead atoms. The third-order valence-electron chi connectivity index (χ3n) is 1.73. The van der Waals surface area contributed by atoms with E-state index < -0.39 is 0 Å². The lowest BCUT2D eigenvalue weighted by atomic mass is 10.3. The summed E-state index contributed by atoms with van der Waals surface area (Å²) in [7, 11) is 1.82. The molecule has 2 nitrogen and oxygen atoms in total. The van der Waals surface area contributed by atoms with E-state index in [-0.39, 0.29) is 5.91 Å². The van der Waals surface area contributed by atoms with Crippen LogP contribution in [0.5, 0.6) is 0 Å². The standard InChI is InChI=1S/C7H6BrNOS/c1-9-3-4-2-5(8)11-6(4)7(9)10/h2H,3H2,1H3. The summed E-state index contributed by atoms with van der Waals surface area (Å²) in [5.41, 5.74) is 1.15. The number of amides is 1. The average molecular weight is 232 g/mol. The molecule has 0 unspecified atom stereocenters. The van der Waals surface area contributed by atoms with Crippen LogP contribution < -0.4 is 0 Å². The number of hydrogen-bond acceptors (Lipinski definition) is 2. The molecule has 0 saturated carbocycles. The third kappa shape index (κ3) is 1.01. The van der Waals surface area contributed by atoms with E-state index in [0.717, 1.165) is 20.8 Å². The summed E-state index contributed by atoms with van der Waals surface area (Å²) in [6.07, 6.45) is 0. The van der Waals surface area contributed by atoms with E-state index in [0.29, 0.717) is 0 Å². The molecule has 0 atom stereocenters. The molecule has 0 aromatic carbocycles. The van der Waals surface area contributed by atoms with E-state index in [9.17, 15) is 4.79 Å². The third-order valence-corrected chi connectivity index (χ3v) is 3.40. The minimum atomic E-state index is 0.149. The van der Waals surface area contributed by atoms with E-state index in [1.54, 1.807) is 4.90 Å². The Balaban J connectivity index is 2.52. The van der Waals surface area contributed by atoms with Gasteiger partial charge in [0.15, 0.2) is 0 Å². The number of rotatable bonds is 0. The van der Waals surface area contributed by atoms with Gasteiger partial charge in [-0.2, -0.15) is 0 Å². The van der Waals surface area contributed by atoms with Gasteiger partial charge >= 0.3 is 0 Å². The van der Waals surface area contributed by atoms with Crippen LogP contribution in [0, 0.1) is 0 Å². The molecule has 1 amide bonds. The molecule has 4 heteroatoms. The van der Waals surface area contributed by atoms with E-state index in [1.165, 1.54) is 11.3 Å². The lowest BCUT2D eigenvalue weighted by molar-refractivity contribution is 0.0820. The SMILES string of the molecule is CN1Cc2cc(Br)sc2C1=O. The van der Waals surface area contributed by atoms with Gasteiger partial charge in [0.2, 0.25) is 0 Å². The summed E-state index contributed by atoms with van der Waals surface area (Å²) in [5, 5.41) is 0. The number of halogens is 1. The maximum atomic E-state index is 11.3. The summed E-state index contributed by atoms with van der Waals surface area (Å²) in [5.74, 6) is 0.149. The molecule has 2 heterocycles. The Morgan fingerprint density at radius 2 is 2.45 bits per heavy atom. The van der Waals surface area contributed by atoms with Crippen molar-refractivity contribution in [3.05, 3.63) is 20.3 Å². The Bertz CT molecular complexity index is 320. The Morgan fingerprint density at radius 1 is 1.73 bits per heavy atom. The molecule has 1 aliphatic rings. The topological polar surface area (TPSA) is 20.3 Å². The van der Waals surface area contributed by atoms with Crippen molar-refractivity contribution in [2.45, 2.75) is 6.54 Å². The number of carbonyl (C=O) groups is 1. The van der Waals surface area contributed by atoms with E-state index in [2.05, 4.69) is 15.9 Å². The van der Waals surface area contributed by atoms with Crippen molar-refractivity contribution in [1.29, 1.82) is 0 Å². The second-order valence-corrected chi connectivity index (χ2v) is 5.00. The molecular formula is C7H6BrNOS. The van der Waals surface area contributed by atoms with Gasteiger partial charge in [-0.3, -0.25) is 4.79 Å². The zero-order valence-corrected chi connectivity index (χ0v) is 8.33. The van der Waals surface area contributed by atoms with Gasteiger partial charge in [-0.25, -0.2) is 0 Å². The van der Waals surface area contributed by atoms with Gasteiger partial charge in [-0.05, 0) is 27.6 Å². The molecule has 2 rings (SSSR count). The molecule has 1 aromatic heterocycles. The molecule has 0 radical (unpaired) electrons. The van der Waals surface area contributed by atoms with Crippen molar-refractivity contribution in [3.8, 4) is 0 Å². The fraction of sp³-hybridized carbons (Fsp3) is 0.286. The fourth-order valence-corrected chi connectivity index (χ4v) is 2.85. The minimum Gasteiger partial charge on any atom is -0.337 e. The van der Waals surface area contributed by atoms with Crippen molar-refractivity contribution >= 4 is 33.2 Å². The zero-order valence-electron chi connectivity index (χ0n) is 5.93. The first-order chi connectivity index (χ1) is 5.18. The van der Waals surface area contributed by atoms with Gasteiger partial charge < -0.3 is 4.90 Å². The predicted molar refractivity (Wildman–Crippen MR) is 47.8 cm³/mol. The van der Waals surface area contributed by atoms with Crippen molar-refractivity contribution in [2.24, 2.45) is 0 Å². The summed E-state index contributed by atoms with van der Waals surface area (Å²) >= 11 is 4.87. The first-order valence-corrected chi connectivity index (χ1v) is 4.83. The highest BCUT2D eigenvalue weighted by molar-refractivity contribution is 9.11. The number of hydrogen-bond donors (Lipinski definition) is 0. The highest BCUT2D eigenvalue weighted by Gasteiger charge is 2.26. The Labute approximate surface area is 76.9 Å². The van der Waals surface area contributed by atoms with Crippen LogP contribution in [-0.2, 0) is 6.54 Å². The van der Waals surface area contributed by atoms with Gasteiger partial charge in [-0.15, -0.1) is 11.3 Å². The second kappa shape index (κ2) is 2.32. The number of thiophene rings is 1. The molecule has 1 aliphatic heterocycles. The summed E-state index contributed by atoms with van der Waals surface area (Å²) in [6, 6.07) is 2.02. The van der Waals surface area contributed by atoms with Gasteiger partial charge in [0.25, 0.3) is 5.91 Å². The smallest absolute Gasteiger partial charge is 0.264 e. The normalized spacial score (nSPS) is 15.8. The molecule has 58 valence electrons. The van der Waals surface area contributed by atoms with Crippen molar-refractivity contribution in [2.75, 3.05) is 7.05 Å². The van der Waals surface area contributed by atoms with E-state index in [1.807, 2.05) is 13.1 Å². The lowest BCUT2D eigenvalue weighted by Crippen LogP contribution is -2.17. The van der Waals surface area contributed by atoms with Crippen LogP contribution in [0.25, 0.3) is 0 Å². The van der Waals surface area contributed by atoms with Crippen LogP contribution >= 0.6 is 27.3 Å². The van der Waals surface area contributed by atoms with Gasteiger partial charge in [0.05, 0.1) is 8.66 Å². The number of fused-ring (bicyclic) bond motifs is 1. The van der Waals surface area contributed by atoms with Crippen LogP contribution in [0.3, 0.4) is 0 Å². The molecular weight excluding hydrogens is 226 g/mol. The summed E-state index contributed by atoms with van der Waals surface area (Å²) < 4.78 is 1.05. The predicted octanol–water partition coefficient (Wildman–Crippen LogP) is 2.10. The highest BCUT2D eigenvalue weighted by atomic mass is 79.9. The summed E-state index contributed by atoms with van der Waals surface area (Å²) in [4.78, 5) is 13.9. The first kappa shape index (κ1) is 7.31. The molecule has 0 fully saturated rings. The van der Waals surface area contributed by atoms with Crippen molar-refractivity contribution in [1.82, 2.24) is 4.90 Å². The van der Waals surface area contributed by atoms with Gasteiger partial charge in [0, 0.05) is 13.6 Å². The lowest BCUT2D eigenvalue weighted by Gasteiger charge is -2.05. The van der Waals surface area contributed by atoms with E-state index >= 15 is 0 Å². The molecule has 11 heavy (non-hydrogen) atoms. The van der Waals surface area contributed by atoms with Gasteiger partial charge in [0.1, 0.15) is 0 Å². The maximum Gasteiger partial charge on any atom is 0.264 e. The quantitative estimate of drug-likeness (QED) is 0.670. The van der Waals surface area contributed by atoms with Crippen LogP contribution in [-0.4, -0.2) is 17.9 Å². The maximum absolute atomic E-state index is 11.3. The van der Waals surface area contributed by atoms with Crippen LogP contribution in [0.4, 0.5) is 0 Å². The molecule has 0 aliphatic carbocycles. The molecule has 0 saturated heterocycles. The van der Waals surface area contributed by atoms with Crippen LogP contribution in [0.1, 0.15) is 15.2 Å². The van der Waals surface area contributed by atoms with Crippen LogP contribution in [0.2, 0.25) is 0 Å². The number of nitrogens with zero attached hydrogens (tertiary/aromatic N) is 1. The molecule has 0 spiro atoms. The molecule has 0 N–H and O–H groups in total. The summed E-state index contributed by atoms with van der Waals surface area (Å²) in [6.45, 7) is 0.760. The van der Waals surface area contributed by atoms with Crippen LogP contribution in [0.15, 0.2) is 9.85 Å². The first-order valence-electron chi connectivity index (χ1n) is 3.22. The largest absolute Gasteiger partial charge is 0.337 e. The average Bonchev–Trinajstić information content (AvgIpc) is 2.37. The monoisotopic (exact) mass is 231 g/mol. The molecule has 1 aromatic rings. The van der Waals surface area contributed by atoms with Crippen molar-refractivity contribution < 1.29 is 4.79 Å². The van der Waals surface area contributed by atoms with Gasteiger partial charge in [-0.1, -0.05) is 0 Å². The highest BCUT2D eigenvalue weighted by Crippen LogP contribution is 2.32. The number of carbonyl (C=O) groups excluding carboxylic acids is 1. The Kier molecular flexibility index (Phi) is 1.54.